The van der Waals surface area contributed by atoms with Crippen molar-refractivity contribution in [2.45, 2.75) is 18.4 Å². The van der Waals surface area contributed by atoms with Gasteiger partial charge in [0, 0.05) is 19.3 Å². The molecule has 2 aromatic carbocycles. The van der Waals surface area contributed by atoms with E-state index in [4.69, 9.17) is 23.2 Å². The lowest BCUT2D eigenvalue weighted by atomic mass is 10.1. The third kappa shape index (κ3) is 7.01. The maximum atomic E-state index is 12.3. The van der Waals surface area contributed by atoms with E-state index >= 15 is 0 Å². The van der Waals surface area contributed by atoms with Crippen molar-refractivity contribution < 1.29 is 19.7 Å². The third-order valence-electron chi connectivity index (χ3n) is 3.81. The van der Waals surface area contributed by atoms with Crippen molar-refractivity contribution in [2.24, 2.45) is 0 Å². The zero-order chi connectivity index (χ0) is 19.2. The second-order valence-electron chi connectivity index (χ2n) is 6.17. The normalized spacial score (nSPS) is 16.0. The van der Waals surface area contributed by atoms with Crippen LogP contribution in [0.2, 0.25) is 10.0 Å². The van der Waals surface area contributed by atoms with Crippen molar-refractivity contribution in [1.82, 2.24) is 5.32 Å². The molecule has 0 aromatic heterocycles. The summed E-state index contributed by atoms with van der Waals surface area (Å²) >= 11 is 11.8. The minimum atomic E-state index is -3.49. The summed E-state index contributed by atoms with van der Waals surface area (Å²) < 4.78 is 12.3. The Morgan fingerprint density at radius 3 is 2.35 bits per heavy atom. The monoisotopic (exact) mass is 417 g/mol. The van der Waals surface area contributed by atoms with Gasteiger partial charge in [0.15, 0.2) is 0 Å². The lowest BCUT2D eigenvalue weighted by molar-refractivity contribution is 0.155. The molecule has 26 heavy (non-hydrogen) atoms. The summed E-state index contributed by atoms with van der Waals surface area (Å²) in [6.07, 6.45) is -2.01. The van der Waals surface area contributed by atoms with Crippen molar-refractivity contribution in [2.75, 3.05) is 19.3 Å². The summed E-state index contributed by atoms with van der Waals surface area (Å²) in [5.74, 6) is 0. The van der Waals surface area contributed by atoms with E-state index < -0.39 is 19.6 Å². The molecule has 0 fully saturated rings. The molecule has 3 atom stereocenters. The van der Waals surface area contributed by atoms with E-state index in [1.807, 2.05) is 6.07 Å². The molecule has 0 aliphatic rings. The van der Waals surface area contributed by atoms with Crippen molar-refractivity contribution in [3.63, 3.8) is 0 Å². The Morgan fingerprint density at radius 2 is 1.69 bits per heavy atom. The molecule has 2 unspecified atom stereocenters. The SMILES string of the molecule is O=P(O)(Cc1ccccc1)C[C@H](O)CNCC(O)c1ccc(Cl)c(Cl)c1. The molecule has 2 rings (SSSR count). The van der Waals surface area contributed by atoms with Crippen LogP contribution >= 0.6 is 30.6 Å². The Kier molecular flexibility index (Phi) is 8.11. The van der Waals surface area contributed by atoms with Crippen LogP contribution in [-0.4, -0.2) is 40.5 Å². The van der Waals surface area contributed by atoms with Gasteiger partial charge in [-0.3, -0.25) is 4.57 Å². The molecule has 0 bridgehead atoms. The van der Waals surface area contributed by atoms with E-state index in [-0.39, 0.29) is 25.4 Å². The number of hydrogen-bond donors (Lipinski definition) is 4. The Balaban J connectivity index is 1.78. The summed E-state index contributed by atoms with van der Waals surface area (Å²) in [4.78, 5) is 10.1. The number of nitrogens with one attached hydrogen (secondary N) is 1. The molecule has 0 aliphatic heterocycles. The molecule has 0 saturated carbocycles. The summed E-state index contributed by atoms with van der Waals surface area (Å²) in [5, 5.41) is 23.8. The van der Waals surface area contributed by atoms with Crippen molar-refractivity contribution >= 4 is 30.6 Å². The lowest BCUT2D eigenvalue weighted by Gasteiger charge is -2.18. The van der Waals surface area contributed by atoms with E-state index in [0.29, 0.717) is 15.6 Å². The van der Waals surface area contributed by atoms with Gasteiger partial charge in [0.25, 0.3) is 0 Å². The lowest BCUT2D eigenvalue weighted by Crippen LogP contribution is -2.32. The van der Waals surface area contributed by atoms with Crippen LogP contribution < -0.4 is 5.32 Å². The Morgan fingerprint density at radius 1 is 1.00 bits per heavy atom. The van der Waals surface area contributed by atoms with Crippen molar-refractivity contribution in [3.8, 4) is 0 Å². The van der Waals surface area contributed by atoms with E-state index in [1.54, 1.807) is 42.5 Å². The van der Waals surface area contributed by atoms with Gasteiger partial charge in [-0.05, 0) is 23.3 Å². The first kappa shape index (κ1) is 21.4. The van der Waals surface area contributed by atoms with Gasteiger partial charge < -0.3 is 20.4 Å². The van der Waals surface area contributed by atoms with Crippen LogP contribution in [0.15, 0.2) is 48.5 Å². The molecule has 0 amide bonds. The number of benzene rings is 2. The fourth-order valence-electron chi connectivity index (χ4n) is 2.55. The van der Waals surface area contributed by atoms with Crippen LogP contribution in [0.4, 0.5) is 0 Å². The smallest absolute Gasteiger partial charge is 0.207 e. The zero-order valence-corrected chi connectivity index (χ0v) is 16.5. The highest BCUT2D eigenvalue weighted by atomic mass is 35.5. The van der Waals surface area contributed by atoms with Crippen molar-refractivity contribution in [3.05, 3.63) is 69.7 Å². The Labute approximate surface area is 163 Å². The van der Waals surface area contributed by atoms with E-state index in [9.17, 15) is 19.7 Å². The van der Waals surface area contributed by atoms with Crippen LogP contribution in [0.1, 0.15) is 17.2 Å². The maximum absolute atomic E-state index is 12.3. The second-order valence-corrected chi connectivity index (χ2v) is 9.36. The summed E-state index contributed by atoms with van der Waals surface area (Å²) in [6, 6.07) is 13.8. The molecule has 8 heteroatoms. The fraction of sp³-hybridized carbons (Fsp3) is 0.333. The van der Waals surface area contributed by atoms with Gasteiger partial charge in [-0.2, -0.15) is 0 Å². The van der Waals surface area contributed by atoms with Crippen LogP contribution in [0.3, 0.4) is 0 Å². The summed E-state index contributed by atoms with van der Waals surface area (Å²) in [7, 11) is -3.49. The predicted octanol–water partition coefficient (Wildman–Crippen LogP) is 3.45. The van der Waals surface area contributed by atoms with Gasteiger partial charge in [0.2, 0.25) is 7.37 Å². The first-order valence-electron chi connectivity index (χ1n) is 8.13. The molecule has 0 aliphatic carbocycles. The first-order chi connectivity index (χ1) is 12.3. The quantitative estimate of drug-likeness (QED) is 0.469. The predicted molar refractivity (Wildman–Crippen MR) is 105 cm³/mol. The highest BCUT2D eigenvalue weighted by molar-refractivity contribution is 7.57. The van der Waals surface area contributed by atoms with Gasteiger partial charge in [-0.15, -0.1) is 0 Å². The minimum absolute atomic E-state index is 0.0246. The van der Waals surface area contributed by atoms with Crippen LogP contribution in [-0.2, 0) is 10.7 Å². The number of rotatable bonds is 9. The van der Waals surface area contributed by atoms with Gasteiger partial charge in [-0.25, -0.2) is 0 Å². The molecule has 2 aromatic rings. The number of halogens is 2. The number of aliphatic hydroxyl groups is 2. The van der Waals surface area contributed by atoms with Crippen molar-refractivity contribution in [1.29, 1.82) is 0 Å². The zero-order valence-electron chi connectivity index (χ0n) is 14.1. The molecule has 142 valence electrons. The average Bonchev–Trinajstić information content (AvgIpc) is 2.57. The average molecular weight is 418 g/mol. The standard InChI is InChI=1S/C18H22Cl2NO4P/c19-16-7-6-14(8-17(16)20)18(23)10-21-9-15(22)12-26(24,25)11-13-4-2-1-3-5-13/h1-8,15,18,21-23H,9-12H2,(H,24,25)/t15-,18?/m1/s1. The van der Waals surface area contributed by atoms with Gasteiger partial charge >= 0.3 is 0 Å². The molecule has 0 radical (unpaired) electrons. The van der Waals surface area contributed by atoms with Gasteiger partial charge in [-0.1, -0.05) is 59.6 Å². The minimum Gasteiger partial charge on any atom is -0.391 e. The number of hydrogen-bond acceptors (Lipinski definition) is 4. The maximum Gasteiger partial charge on any atom is 0.207 e. The van der Waals surface area contributed by atoms with E-state index in [1.165, 1.54) is 0 Å². The topological polar surface area (TPSA) is 89.8 Å². The highest BCUT2D eigenvalue weighted by Crippen LogP contribution is 2.44. The Bertz CT molecular complexity index is 760. The highest BCUT2D eigenvalue weighted by Gasteiger charge is 2.23. The molecule has 5 nitrogen and oxygen atoms in total. The van der Waals surface area contributed by atoms with E-state index in [0.717, 1.165) is 5.56 Å². The molecular formula is C18H22Cl2NO4P. The van der Waals surface area contributed by atoms with Crippen LogP contribution in [0, 0.1) is 0 Å². The molecule has 0 spiro atoms. The molecule has 0 saturated heterocycles. The molecular weight excluding hydrogens is 396 g/mol. The Hall–Kier alpha value is -0.910. The molecule has 0 heterocycles. The summed E-state index contributed by atoms with van der Waals surface area (Å²) in [5.41, 5.74) is 1.35. The van der Waals surface area contributed by atoms with Gasteiger partial charge in [0.05, 0.1) is 28.4 Å². The second kappa shape index (κ2) is 9.86. The van der Waals surface area contributed by atoms with E-state index in [2.05, 4.69) is 5.32 Å². The first-order valence-corrected chi connectivity index (χ1v) is 10.9. The van der Waals surface area contributed by atoms with Gasteiger partial charge in [0.1, 0.15) is 0 Å². The largest absolute Gasteiger partial charge is 0.391 e. The van der Waals surface area contributed by atoms with Crippen LogP contribution in [0.25, 0.3) is 0 Å². The number of aliphatic hydroxyl groups excluding tert-OH is 2. The fourth-order valence-corrected chi connectivity index (χ4v) is 4.56. The molecule has 4 N–H and O–H groups in total. The third-order valence-corrected chi connectivity index (χ3v) is 6.40. The summed E-state index contributed by atoms with van der Waals surface area (Å²) in [6.45, 7) is 0.265. The van der Waals surface area contributed by atoms with Crippen LogP contribution in [0.5, 0.6) is 0 Å².